The van der Waals surface area contributed by atoms with Crippen LogP contribution in [-0.2, 0) is 4.79 Å². The molecule has 0 amide bonds. The molecule has 3 aliphatic carbocycles. The molecule has 1 aromatic carbocycles. The Morgan fingerprint density at radius 2 is 2.00 bits per heavy atom. The zero-order valence-corrected chi connectivity index (χ0v) is 12.1. The second kappa shape index (κ2) is 3.31. The summed E-state index contributed by atoms with van der Waals surface area (Å²) in [5.74, 6) is 1.69. The Morgan fingerprint density at radius 1 is 1.21 bits per heavy atom. The van der Waals surface area contributed by atoms with Crippen molar-refractivity contribution in [2.75, 3.05) is 0 Å². The van der Waals surface area contributed by atoms with Gasteiger partial charge in [-0.15, -0.1) is 0 Å². The van der Waals surface area contributed by atoms with E-state index in [2.05, 4.69) is 39.0 Å². The highest BCUT2D eigenvalue weighted by atomic mass is 16.1. The Bertz CT molecular complexity index is 587. The van der Waals surface area contributed by atoms with E-state index in [1.165, 1.54) is 17.5 Å². The third-order valence-electron chi connectivity index (χ3n) is 6.49. The molecule has 2 fully saturated rings. The molecular weight excluding hydrogens is 232 g/mol. The van der Waals surface area contributed by atoms with Gasteiger partial charge in [0, 0.05) is 11.8 Å². The van der Waals surface area contributed by atoms with E-state index in [4.69, 9.17) is 0 Å². The van der Waals surface area contributed by atoms with Crippen LogP contribution in [0.5, 0.6) is 0 Å². The van der Waals surface area contributed by atoms with E-state index in [1.807, 2.05) is 0 Å². The molecule has 3 aliphatic rings. The molecule has 0 unspecified atom stereocenters. The normalized spacial score (nSPS) is 43.2. The lowest BCUT2D eigenvalue weighted by Crippen LogP contribution is -2.48. The molecule has 0 aliphatic heterocycles. The van der Waals surface area contributed by atoms with Crippen molar-refractivity contribution in [2.45, 2.75) is 58.3 Å². The maximum absolute atomic E-state index is 12.6. The van der Waals surface area contributed by atoms with E-state index < -0.39 is 0 Å². The Balaban J connectivity index is 1.96. The van der Waals surface area contributed by atoms with Crippen molar-refractivity contribution in [2.24, 2.45) is 10.8 Å². The summed E-state index contributed by atoms with van der Waals surface area (Å²) in [6.07, 6.45) is 4.17. The number of hydrogen-bond donors (Lipinski definition) is 0. The van der Waals surface area contributed by atoms with Gasteiger partial charge >= 0.3 is 0 Å². The molecule has 19 heavy (non-hydrogen) atoms. The Morgan fingerprint density at radius 3 is 2.79 bits per heavy atom. The van der Waals surface area contributed by atoms with Crippen molar-refractivity contribution in [1.29, 1.82) is 0 Å². The van der Waals surface area contributed by atoms with Crippen molar-refractivity contribution in [3.8, 4) is 0 Å². The number of benzene rings is 1. The highest BCUT2D eigenvalue weighted by Gasteiger charge is 2.61. The first-order valence-electron chi connectivity index (χ1n) is 7.58. The van der Waals surface area contributed by atoms with Crippen LogP contribution < -0.4 is 0 Å². The Hall–Kier alpha value is -1.11. The molecular formula is C18H22O. The van der Waals surface area contributed by atoms with Gasteiger partial charge in [0.05, 0.1) is 0 Å². The maximum atomic E-state index is 12.6. The summed E-state index contributed by atoms with van der Waals surface area (Å²) in [6, 6.07) is 6.74. The highest BCUT2D eigenvalue weighted by Crippen LogP contribution is 2.69. The van der Waals surface area contributed by atoms with Crippen molar-refractivity contribution in [3.05, 3.63) is 34.9 Å². The van der Waals surface area contributed by atoms with Gasteiger partial charge in [-0.3, -0.25) is 4.79 Å². The number of rotatable bonds is 0. The van der Waals surface area contributed by atoms with Gasteiger partial charge in [0.2, 0.25) is 0 Å². The average molecular weight is 254 g/mol. The third kappa shape index (κ3) is 1.24. The number of aryl methyl sites for hydroxylation is 1. The second-order valence-electron chi connectivity index (χ2n) is 7.59. The summed E-state index contributed by atoms with van der Waals surface area (Å²) in [7, 11) is 0. The zero-order valence-electron chi connectivity index (χ0n) is 12.1. The molecule has 100 valence electrons. The molecule has 0 aromatic heterocycles. The Kier molecular flexibility index (Phi) is 2.04. The molecule has 2 bridgehead atoms. The van der Waals surface area contributed by atoms with Gasteiger partial charge in [0.15, 0.2) is 0 Å². The summed E-state index contributed by atoms with van der Waals surface area (Å²) in [5.41, 5.74) is 4.78. The minimum Gasteiger partial charge on any atom is -0.299 e. The van der Waals surface area contributed by atoms with Crippen LogP contribution in [0.4, 0.5) is 0 Å². The van der Waals surface area contributed by atoms with Crippen molar-refractivity contribution in [3.63, 3.8) is 0 Å². The lowest BCUT2D eigenvalue weighted by atomic mass is 9.50. The quantitative estimate of drug-likeness (QED) is 0.673. The average Bonchev–Trinajstić information content (AvgIpc) is 2.61. The molecule has 1 heteroatoms. The van der Waals surface area contributed by atoms with Gasteiger partial charge in [-0.1, -0.05) is 32.0 Å². The van der Waals surface area contributed by atoms with E-state index in [-0.39, 0.29) is 5.41 Å². The van der Waals surface area contributed by atoms with Crippen LogP contribution >= 0.6 is 0 Å². The summed E-state index contributed by atoms with van der Waals surface area (Å²) < 4.78 is 0. The standard InChI is InChI=1S/C18H22O/c1-11-5-4-6-12-13-7-8-17(2)10-18(13,3)14(16(11)12)9-15(17)19/h4-6,13-14H,7-10H2,1-3H3/t13-,14-,17-,18+/m0/s1. The maximum Gasteiger partial charge on any atom is 0.139 e. The highest BCUT2D eigenvalue weighted by molar-refractivity contribution is 5.87. The summed E-state index contributed by atoms with van der Waals surface area (Å²) >= 11 is 0. The van der Waals surface area contributed by atoms with Gasteiger partial charge < -0.3 is 0 Å². The largest absolute Gasteiger partial charge is 0.299 e. The van der Waals surface area contributed by atoms with Crippen LogP contribution in [0.15, 0.2) is 18.2 Å². The van der Waals surface area contributed by atoms with E-state index in [0.29, 0.717) is 23.0 Å². The minimum atomic E-state index is -0.0301. The van der Waals surface area contributed by atoms with Gasteiger partial charge in [0.1, 0.15) is 5.78 Å². The SMILES string of the molecule is Cc1cccc2c1[C@@H]1CC(=O)[C@@]3(C)CC[C@@H]2[C@@]1(C)C3. The molecule has 1 aromatic rings. The molecule has 0 N–H and O–H groups in total. The predicted octanol–water partition coefficient (Wildman–Crippen LogP) is 4.35. The number of carbonyl (C=O) groups is 1. The fraction of sp³-hybridized carbons (Fsp3) is 0.611. The lowest BCUT2D eigenvalue weighted by molar-refractivity contribution is -0.139. The lowest BCUT2D eigenvalue weighted by Gasteiger charge is -2.53. The van der Waals surface area contributed by atoms with E-state index in [0.717, 1.165) is 19.3 Å². The molecule has 0 saturated heterocycles. The summed E-state index contributed by atoms with van der Waals surface area (Å²) in [4.78, 5) is 12.6. The topological polar surface area (TPSA) is 17.1 Å². The van der Waals surface area contributed by atoms with Gasteiger partial charge in [-0.2, -0.15) is 0 Å². The summed E-state index contributed by atoms with van der Waals surface area (Å²) in [6.45, 7) is 6.88. The predicted molar refractivity (Wildman–Crippen MR) is 76.4 cm³/mol. The smallest absolute Gasteiger partial charge is 0.139 e. The second-order valence-corrected chi connectivity index (χ2v) is 7.59. The fourth-order valence-corrected chi connectivity index (χ4v) is 5.54. The van der Waals surface area contributed by atoms with E-state index in [1.54, 1.807) is 5.56 Å². The molecule has 0 radical (unpaired) electrons. The number of hydrogen-bond acceptors (Lipinski definition) is 1. The van der Waals surface area contributed by atoms with Crippen LogP contribution in [0.25, 0.3) is 0 Å². The van der Waals surface area contributed by atoms with Gasteiger partial charge in [-0.25, -0.2) is 0 Å². The molecule has 1 nitrogen and oxygen atoms in total. The van der Waals surface area contributed by atoms with Crippen LogP contribution in [0.3, 0.4) is 0 Å². The Labute approximate surface area is 115 Å². The number of carbonyl (C=O) groups excluding carboxylic acids is 1. The number of Topliss-reactive ketones (excluding diaryl/α,β-unsaturated/α-hetero) is 1. The number of fused-ring (bicyclic) bond motifs is 4. The molecule has 0 spiro atoms. The first kappa shape index (κ1) is 11.7. The third-order valence-corrected chi connectivity index (χ3v) is 6.49. The van der Waals surface area contributed by atoms with Crippen LogP contribution in [-0.4, -0.2) is 5.78 Å². The molecule has 0 heterocycles. The van der Waals surface area contributed by atoms with Gasteiger partial charge in [0.25, 0.3) is 0 Å². The molecule has 2 saturated carbocycles. The molecule has 4 rings (SSSR count). The number of ketones is 1. The van der Waals surface area contributed by atoms with Crippen molar-refractivity contribution in [1.82, 2.24) is 0 Å². The van der Waals surface area contributed by atoms with E-state index >= 15 is 0 Å². The van der Waals surface area contributed by atoms with Gasteiger partial charge in [-0.05, 0) is 60.1 Å². The van der Waals surface area contributed by atoms with Crippen molar-refractivity contribution >= 4 is 5.78 Å². The molecule has 4 atom stereocenters. The first-order chi connectivity index (χ1) is 8.96. The summed E-state index contributed by atoms with van der Waals surface area (Å²) in [5, 5.41) is 0. The van der Waals surface area contributed by atoms with E-state index in [9.17, 15) is 4.79 Å². The van der Waals surface area contributed by atoms with Crippen LogP contribution in [0.2, 0.25) is 0 Å². The fourth-order valence-electron chi connectivity index (χ4n) is 5.54. The monoisotopic (exact) mass is 254 g/mol. The van der Waals surface area contributed by atoms with Crippen molar-refractivity contribution < 1.29 is 4.79 Å². The minimum absolute atomic E-state index is 0.0301. The van der Waals surface area contributed by atoms with Crippen LogP contribution in [0.1, 0.15) is 68.1 Å². The first-order valence-corrected chi connectivity index (χ1v) is 7.58. The zero-order chi connectivity index (χ0) is 13.4. The van der Waals surface area contributed by atoms with Crippen LogP contribution in [0, 0.1) is 17.8 Å².